The van der Waals surface area contributed by atoms with Crippen LogP contribution in [0.15, 0.2) is 90.0 Å². The fourth-order valence-corrected chi connectivity index (χ4v) is 3.30. The molecule has 3 heterocycles. The molecule has 1 amide bonds. The molecule has 0 saturated carbocycles. The number of ether oxygens (including phenoxy) is 1. The fourth-order valence-electron chi connectivity index (χ4n) is 3.30. The van der Waals surface area contributed by atoms with Crippen LogP contribution in [-0.2, 0) is 0 Å². The number of anilines is 1. The molecule has 9 heteroatoms. The van der Waals surface area contributed by atoms with Crippen LogP contribution in [-0.4, -0.2) is 37.7 Å². The van der Waals surface area contributed by atoms with Gasteiger partial charge in [-0.1, -0.05) is 47.6 Å². The summed E-state index contributed by atoms with van der Waals surface area (Å²) in [5.41, 5.74) is 2.22. The second kappa shape index (κ2) is 8.75. The number of hydrogen-bond acceptors (Lipinski definition) is 7. The van der Waals surface area contributed by atoms with Gasteiger partial charge in [-0.25, -0.2) is 9.97 Å². The Morgan fingerprint density at radius 2 is 1.82 bits per heavy atom. The smallest absolute Gasteiger partial charge is 0.275 e. The number of carbonyl (C=O) groups excluding carboxylic acids is 1. The number of benzene rings is 2. The number of para-hydroxylation sites is 2. The number of hydrogen-bond donors (Lipinski definition) is 1. The van der Waals surface area contributed by atoms with Gasteiger partial charge in [0, 0.05) is 18.0 Å². The number of methoxy groups -OCH3 is 1. The Morgan fingerprint density at radius 3 is 2.67 bits per heavy atom. The zero-order valence-corrected chi connectivity index (χ0v) is 17.5. The van der Waals surface area contributed by atoms with Crippen LogP contribution in [0.5, 0.6) is 5.75 Å². The second-order valence-electron chi connectivity index (χ2n) is 6.98. The molecule has 5 rings (SSSR count). The number of rotatable bonds is 6. The van der Waals surface area contributed by atoms with Crippen molar-refractivity contribution in [1.82, 2.24) is 24.7 Å². The Kier molecular flexibility index (Phi) is 5.34. The Labute approximate surface area is 188 Å². The minimum Gasteiger partial charge on any atom is -0.495 e. The molecule has 1 N–H and O–H groups in total. The number of nitrogens with zero attached hydrogens (tertiary/aromatic N) is 5. The first-order chi connectivity index (χ1) is 16.2. The van der Waals surface area contributed by atoms with Crippen molar-refractivity contribution >= 4 is 11.6 Å². The number of nitrogens with one attached hydrogen (secondary N) is 1. The van der Waals surface area contributed by atoms with E-state index in [0.29, 0.717) is 34.5 Å². The molecule has 3 aromatic heterocycles. The van der Waals surface area contributed by atoms with Crippen LogP contribution < -0.4 is 10.1 Å². The van der Waals surface area contributed by atoms with Gasteiger partial charge in [0.05, 0.1) is 18.4 Å². The fraction of sp³-hybridized carbons (Fsp3) is 0.0417. The summed E-state index contributed by atoms with van der Waals surface area (Å²) in [7, 11) is 1.54. The Morgan fingerprint density at radius 1 is 1.00 bits per heavy atom. The maximum Gasteiger partial charge on any atom is 0.275 e. The van der Waals surface area contributed by atoms with Crippen LogP contribution in [0.3, 0.4) is 0 Å². The number of amides is 1. The Hall–Kier alpha value is -4.79. The van der Waals surface area contributed by atoms with Crippen LogP contribution in [0, 0.1) is 0 Å². The van der Waals surface area contributed by atoms with E-state index < -0.39 is 0 Å². The summed E-state index contributed by atoms with van der Waals surface area (Å²) < 4.78 is 12.4. The highest BCUT2D eigenvalue weighted by Gasteiger charge is 2.18. The number of carbonyl (C=O) groups is 1. The second-order valence-corrected chi connectivity index (χ2v) is 6.98. The van der Waals surface area contributed by atoms with Crippen molar-refractivity contribution < 1.29 is 14.1 Å². The molecule has 2 aromatic carbocycles. The van der Waals surface area contributed by atoms with Crippen molar-refractivity contribution in [3.05, 3.63) is 91.1 Å². The molecular weight excluding hydrogens is 420 g/mol. The average Bonchev–Trinajstić information content (AvgIpc) is 3.56. The van der Waals surface area contributed by atoms with Gasteiger partial charge in [-0.2, -0.15) is 4.98 Å². The summed E-state index contributed by atoms with van der Waals surface area (Å²) >= 11 is 0. The third-order valence-electron chi connectivity index (χ3n) is 4.89. The van der Waals surface area contributed by atoms with Crippen molar-refractivity contribution in [2.75, 3.05) is 12.4 Å². The molecule has 0 radical (unpaired) electrons. The van der Waals surface area contributed by atoms with Gasteiger partial charge in [-0.05, 0) is 24.3 Å². The monoisotopic (exact) mass is 438 g/mol. The number of aromatic nitrogens is 5. The summed E-state index contributed by atoms with van der Waals surface area (Å²) in [5.74, 6) is 1.47. The van der Waals surface area contributed by atoms with E-state index in [1.165, 1.54) is 6.33 Å². The van der Waals surface area contributed by atoms with E-state index in [1.807, 2.05) is 48.5 Å². The predicted octanol–water partition coefficient (Wildman–Crippen LogP) is 4.25. The first-order valence-electron chi connectivity index (χ1n) is 10.1. The summed E-state index contributed by atoms with van der Waals surface area (Å²) in [6, 6.07) is 20.3. The zero-order chi connectivity index (χ0) is 22.6. The van der Waals surface area contributed by atoms with E-state index in [2.05, 4.69) is 25.4 Å². The minimum atomic E-state index is -0.375. The third kappa shape index (κ3) is 4.07. The topological polar surface area (TPSA) is 108 Å². The maximum atomic E-state index is 12.7. The van der Waals surface area contributed by atoms with Gasteiger partial charge in [-0.3, -0.25) is 9.36 Å². The van der Waals surface area contributed by atoms with Crippen molar-refractivity contribution in [2.45, 2.75) is 0 Å². The lowest BCUT2D eigenvalue weighted by molar-refractivity contribution is 0.102. The van der Waals surface area contributed by atoms with Crippen molar-refractivity contribution in [2.24, 2.45) is 0 Å². The van der Waals surface area contributed by atoms with Crippen LogP contribution in [0.4, 0.5) is 5.69 Å². The molecule has 0 atom stereocenters. The minimum absolute atomic E-state index is 0.216. The highest BCUT2D eigenvalue weighted by atomic mass is 16.5. The van der Waals surface area contributed by atoms with Gasteiger partial charge < -0.3 is 14.6 Å². The molecule has 0 aliphatic heterocycles. The normalized spacial score (nSPS) is 10.7. The van der Waals surface area contributed by atoms with E-state index in [-0.39, 0.29) is 11.6 Å². The van der Waals surface area contributed by atoms with Crippen LogP contribution in [0.25, 0.3) is 28.7 Å². The molecule has 0 saturated heterocycles. The van der Waals surface area contributed by atoms with E-state index in [9.17, 15) is 4.79 Å². The molecule has 5 aromatic rings. The standard InChI is InChI=1S/C24H18N6O3/c1-32-20-12-6-5-11-18(20)27-23(31)19-14-30(15-26-19)22-17(10-7-13-25-22)24-28-21(29-33-24)16-8-3-2-4-9-16/h2-15H,1H3,(H,27,31). The quantitative estimate of drug-likeness (QED) is 0.422. The van der Waals surface area contributed by atoms with Crippen LogP contribution in [0.1, 0.15) is 10.5 Å². The Balaban J connectivity index is 1.43. The molecule has 162 valence electrons. The highest BCUT2D eigenvalue weighted by molar-refractivity contribution is 6.03. The highest BCUT2D eigenvalue weighted by Crippen LogP contribution is 2.27. The summed E-state index contributed by atoms with van der Waals surface area (Å²) in [6.07, 6.45) is 4.74. The van der Waals surface area contributed by atoms with Crippen molar-refractivity contribution in [3.63, 3.8) is 0 Å². The molecule has 0 unspecified atom stereocenters. The van der Waals surface area contributed by atoms with Gasteiger partial charge in [0.1, 0.15) is 17.8 Å². The third-order valence-corrected chi connectivity index (χ3v) is 4.89. The van der Waals surface area contributed by atoms with Crippen LogP contribution >= 0.6 is 0 Å². The molecule has 9 nitrogen and oxygen atoms in total. The number of pyridine rings is 1. The van der Waals surface area contributed by atoms with E-state index in [4.69, 9.17) is 9.26 Å². The van der Waals surface area contributed by atoms with Gasteiger partial charge in [0.25, 0.3) is 11.8 Å². The Bertz CT molecular complexity index is 1410. The molecule has 0 spiro atoms. The summed E-state index contributed by atoms with van der Waals surface area (Å²) in [5, 5.41) is 6.89. The van der Waals surface area contributed by atoms with Gasteiger partial charge >= 0.3 is 0 Å². The lowest BCUT2D eigenvalue weighted by atomic mass is 10.2. The van der Waals surface area contributed by atoms with Crippen molar-refractivity contribution in [1.29, 1.82) is 0 Å². The van der Waals surface area contributed by atoms with E-state index in [1.54, 1.807) is 42.3 Å². The number of imidazole rings is 1. The van der Waals surface area contributed by atoms with Crippen molar-refractivity contribution in [3.8, 4) is 34.4 Å². The lowest BCUT2D eigenvalue weighted by Crippen LogP contribution is -2.13. The maximum absolute atomic E-state index is 12.7. The first-order valence-corrected chi connectivity index (χ1v) is 10.1. The molecule has 33 heavy (non-hydrogen) atoms. The lowest BCUT2D eigenvalue weighted by Gasteiger charge is -2.08. The largest absolute Gasteiger partial charge is 0.495 e. The van der Waals surface area contributed by atoms with Gasteiger partial charge in [-0.15, -0.1) is 0 Å². The van der Waals surface area contributed by atoms with Gasteiger partial charge in [0.15, 0.2) is 5.82 Å². The SMILES string of the molecule is COc1ccccc1NC(=O)c1cn(-c2ncccc2-c2nc(-c3ccccc3)no2)cn1. The first kappa shape index (κ1) is 20.1. The summed E-state index contributed by atoms with van der Waals surface area (Å²) in [4.78, 5) is 25.9. The molecule has 0 aliphatic rings. The molecular formula is C24H18N6O3. The predicted molar refractivity (Wildman–Crippen MR) is 121 cm³/mol. The van der Waals surface area contributed by atoms with E-state index in [0.717, 1.165) is 5.56 Å². The van der Waals surface area contributed by atoms with Gasteiger partial charge in [0.2, 0.25) is 5.82 Å². The zero-order valence-electron chi connectivity index (χ0n) is 17.5. The molecule has 0 fully saturated rings. The molecule has 0 bridgehead atoms. The average molecular weight is 438 g/mol. The molecule has 0 aliphatic carbocycles. The van der Waals surface area contributed by atoms with E-state index >= 15 is 0 Å². The van der Waals surface area contributed by atoms with Crippen LogP contribution in [0.2, 0.25) is 0 Å². The summed E-state index contributed by atoms with van der Waals surface area (Å²) in [6.45, 7) is 0.